The van der Waals surface area contributed by atoms with E-state index in [4.69, 9.17) is 5.26 Å². The van der Waals surface area contributed by atoms with Crippen LogP contribution in [0.3, 0.4) is 0 Å². The van der Waals surface area contributed by atoms with Crippen LogP contribution in [0.15, 0.2) is 18.3 Å². The Labute approximate surface area is 163 Å². The maximum absolute atomic E-state index is 10.5. The predicted molar refractivity (Wildman–Crippen MR) is 107 cm³/mol. The SMILES string of the molecule is Cc1cc(C#N)cc(O)c1-c1nnc(N[C@@H]2CCCN(C)C2)c2c1cnn2C. The fraction of sp³-hybridized carbons (Fsp3) is 0.400. The van der Waals surface area contributed by atoms with E-state index in [1.54, 1.807) is 16.9 Å². The molecule has 144 valence electrons. The summed E-state index contributed by atoms with van der Waals surface area (Å²) in [4.78, 5) is 2.31. The van der Waals surface area contributed by atoms with E-state index >= 15 is 0 Å². The van der Waals surface area contributed by atoms with Crippen LogP contribution in [0.25, 0.3) is 22.2 Å². The number of nitrogens with one attached hydrogen (secondary N) is 1. The number of piperidine rings is 1. The second kappa shape index (κ2) is 7.09. The second-order valence-corrected chi connectivity index (χ2v) is 7.47. The van der Waals surface area contributed by atoms with Gasteiger partial charge in [0.2, 0.25) is 0 Å². The zero-order chi connectivity index (χ0) is 19.8. The van der Waals surface area contributed by atoms with E-state index in [1.807, 2.05) is 14.0 Å². The minimum absolute atomic E-state index is 0.0191. The van der Waals surface area contributed by atoms with E-state index < -0.39 is 0 Å². The lowest BCUT2D eigenvalue weighted by atomic mass is 9.99. The first kappa shape index (κ1) is 18.2. The Morgan fingerprint density at radius 1 is 1.29 bits per heavy atom. The average Bonchev–Trinajstić information content (AvgIpc) is 3.05. The molecule has 0 bridgehead atoms. The number of benzene rings is 1. The quantitative estimate of drug-likeness (QED) is 0.722. The van der Waals surface area contributed by atoms with Crippen molar-refractivity contribution < 1.29 is 5.11 Å². The molecule has 1 aliphatic rings. The molecule has 1 aromatic carbocycles. The number of phenols is 1. The number of likely N-dealkylation sites (N-methyl/N-ethyl adjacent to an activating group) is 1. The number of hydrogen-bond donors (Lipinski definition) is 2. The Kier molecular flexibility index (Phi) is 4.61. The highest BCUT2D eigenvalue weighted by atomic mass is 16.3. The van der Waals surface area contributed by atoms with Crippen molar-refractivity contribution in [2.24, 2.45) is 7.05 Å². The summed E-state index contributed by atoms with van der Waals surface area (Å²) in [5.74, 6) is 0.718. The lowest BCUT2D eigenvalue weighted by Gasteiger charge is -2.30. The number of anilines is 1. The highest BCUT2D eigenvalue weighted by molar-refractivity contribution is 5.99. The Hall–Kier alpha value is -3.18. The molecule has 1 fully saturated rings. The molecule has 3 heterocycles. The number of phenolic OH excluding ortho intramolecular Hbond substituents is 1. The van der Waals surface area contributed by atoms with Crippen molar-refractivity contribution >= 4 is 16.7 Å². The number of aromatic nitrogens is 4. The smallest absolute Gasteiger partial charge is 0.175 e. The van der Waals surface area contributed by atoms with Crippen LogP contribution >= 0.6 is 0 Å². The summed E-state index contributed by atoms with van der Waals surface area (Å²) in [6.45, 7) is 3.92. The number of likely N-dealkylation sites (tertiary alicyclic amines) is 1. The molecule has 8 heteroatoms. The Bertz CT molecular complexity index is 1060. The minimum atomic E-state index is 0.0191. The summed E-state index contributed by atoms with van der Waals surface area (Å²) in [6.07, 6.45) is 3.98. The molecule has 0 saturated carbocycles. The molecule has 0 aliphatic carbocycles. The molecule has 0 amide bonds. The fourth-order valence-corrected chi connectivity index (χ4v) is 3.99. The normalized spacial score (nSPS) is 17.6. The highest BCUT2D eigenvalue weighted by Crippen LogP contribution is 2.37. The van der Waals surface area contributed by atoms with Gasteiger partial charge in [-0.1, -0.05) is 0 Å². The Morgan fingerprint density at radius 3 is 2.82 bits per heavy atom. The summed E-state index contributed by atoms with van der Waals surface area (Å²) in [7, 11) is 4.00. The van der Waals surface area contributed by atoms with E-state index in [0.29, 0.717) is 28.7 Å². The van der Waals surface area contributed by atoms with Crippen molar-refractivity contribution in [3.05, 3.63) is 29.5 Å². The van der Waals surface area contributed by atoms with Crippen LogP contribution in [0, 0.1) is 18.3 Å². The third kappa shape index (κ3) is 3.14. The Morgan fingerprint density at radius 2 is 2.11 bits per heavy atom. The summed E-state index contributed by atoms with van der Waals surface area (Å²) >= 11 is 0. The van der Waals surface area contributed by atoms with Gasteiger partial charge in [-0.2, -0.15) is 10.4 Å². The summed E-state index contributed by atoms with van der Waals surface area (Å²) < 4.78 is 1.78. The molecule has 0 spiro atoms. The number of nitriles is 1. The van der Waals surface area contributed by atoms with E-state index in [2.05, 4.69) is 38.6 Å². The molecular formula is C20H23N7O. The number of aryl methyl sites for hydroxylation is 2. The van der Waals surface area contributed by atoms with Crippen LogP contribution in [0.1, 0.15) is 24.0 Å². The van der Waals surface area contributed by atoms with E-state index in [-0.39, 0.29) is 5.75 Å². The zero-order valence-corrected chi connectivity index (χ0v) is 16.3. The number of rotatable bonds is 3. The van der Waals surface area contributed by atoms with Crippen molar-refractivity contribution in [1.29, 1.82) is 5.26 Å². The fourth-order valence-electron chi connectivity index (χ4n) is 3.99. The van der Waals surface area contributed by atoms with Gasteiger partial charge in [-0.3, -0.25) is 4.68 Å². The first-order valence-electron chi connectivity index (χ1n) is 9.35. The van der Waals surface area contributed by atoms with Gasteiger partial charge in [-0.05, 0) is 51.1 Å². The van der Waals surface area contributed by atoms with Crippen LogP contribution in [-0.4, -0.2) is 56.2 Å². The lowest BCUT2D eigenvalue weighted by molar-refractivity contribution is 0.261. The van der Waals surface area contributed by atoms with Gasteiger partial charge < -0.3 is 15.3 Å². The van der Waals surface area contributed by atoms with Crippen LogP contribution in [0.2, 0.25) is 0 Å². The van der Waals surface area contributed by atoms with Crippen LogP contribution in [0.4, 0.5) is 5.82 Å². The second-order valence-electron chi connectivity index (χ2n) is 7.47. The first-order chi connectivity index (χ1) is 13.5. The molecule has 0 radical (unpaired) electrons. The maximum Gasteiger partial charge on any atom is 0.175 e. The van der Waals surface area contributed by atoms with Crippen LogP contribution < -0.4 is 5.32 Å². The maximum atomic E-state index is 10.5. The molecule has 3 aromatic rings. The van der Waals surface area contributed by atoms with Gasteiger partial charge in [0.1, 0.15) is 17.0 Å². The molecular weight excluding hydrogens is 354 g/mol. The zero-order valence-electron chi connectivity index (χ0n) is 16.3. The number of nitrogens with zero attached hydrogens (tertiary/aromatic N) is 6. The predicted octanol–water partition coefficient (Wildman–Crippen LogP) is 2.42. The largest absolute Gasteiger partial charge is 0.507 e. The third-order valence-electron chi connectivity index (χ3n) is 5.31. The van der Waals surface area contributed by atoms with Gasteiger partial charge in [-0.25, -0.2) is 0 Å². The molecule has 0 unspecified atom stereocenters. The number of fused-ring (bicyclic) bond motifs is 1. The molecule has 2 N–H and O–H groups in total. The molecule has 28 heavy (non-hydrogen) atoms. The molecule has 2 aromatic heterocycles. The topological polar surface area (TPSA) is 103 Å². The van der Waals surface area contributed by atoms with Gasteiger partial charge in [0, 0.05) is 25.2 Å². The molecule has 1 aliphatic heterocycles. The summed E-state index contributed by atoms with van der Waals surface area (Å²) in [6, 6.07) is 5.56. The van der Waals surface area contributed by atoms with E-state index in [0.717, 1.165) is 42.4 Å². The van der Waals surface area contributed by atoms with E-state index in [9.17, 15) is 5.11 Å². The van der Waals surface area contributed by atoms with Crippen molar-refractivity contribution in [3.8, 4) is 23.1 Å². The molecule has 8 nitrogen and oxygen atoms in total. The first-order valence-corrected chi connectivity index (χ1v) is 9.35. The average molecular weight is 377 g/mol. The molecule has 1 atom stereocenters. The van der Waals surface area contributed by atoms with Crippen molar-refractivity contribution in [2.45, 2.75) is 25.8 Å². The molecule has 4 rings (SSSR count). The minimum Gasteiger partial charge on any atom is -0.507 e. The standard InChI is InChI=1S/C20H23N7O/c1-12-7-13(9-21)8-16(28)17(12)18-15-10-22-27(3)19(15)20(25-24-18)23-14-5-4-6-26(2)11-14/h7-8,10,14,28H,4-6,11H2,1-3H3,(H,23,25)/t14-/m1/s1. The van der Waals surface area contributed by atoms with Crippen LogP contribution in [0.5, 0.6) is 5.75 Å². The molecule has 1 saturated heterocycles. The number of hydrogen-bond acceptors (Lipinski definition) is 7. The van der Waals surface area contributed by atoms with Crippen molar-refractivity contribution in [2.75, 3.05) is 25.5 Å². The van der Waals surface area contributed by atoms with Gasteiger partial charge in [0.25, 0.3) is 0 Å². The van der Waals surface area contributed by atoms with Crippen molar-refractivity contribution in [3.63, 3.8) is 0 Å². The van der Waals surface area contributed by atoms with Gasteiger partial charge in [0.15, 0.2) is 5.82 Å². The van der Waals surface area contributed by atoms with Gasteiger partial charge in [-0.15, -0.1) is 10.2 Å². The summed E-state index contributed by atoms with van der Waals surface area (Å²) in [5, 5.41) is 37.2. The van der Waals surface area contributed by atoms with Crippen molar-refractivity contribution in [1.82, 2.24) is 24.9 Å². The monoisotopic (exact) mass is 377 g/mol. The van der Waals surface area contributed by atoms with Gasteiger partial charge >= 0.3 is 0 Å². The number of aromatic hydroxyl groups is 1. The summed E-state index contributed by atoms with van der Waals surface area (Å²) in [5.41, 5.74) is 3.17. The third-order valence-corrected chi connectivity index (χ3v) is 5.31. The highest BCUT2D eigenvalue weighted by Gasteiger charge is 2.22. The Balaban J connectivity index is 1.80. The van der Waals surface area contributed by atoms with Gasteiger partial charge in [0.05, 0.1) is 23.2 Å². The lowest BCUT2D eigenvalue weighted by Crippen LogP contribution is -2.40. The van der Waals surface area contributed by atoms with Crippen LogP contribution in [-0.2, 0) is 7.05 Å². The van der Waals surface area contributed by atoms with E-state index in [1.165, 1.54) is 6.07 Å².